The summed E-state index contributed by atoms with van der Waals surface area (Å²) in [6, 6.07) is 6.10. The number of nitrogens with zero attached hydrogens (tertiary/aromatic N) is 4. The normalized spacial score (nSPS) is 16.5. The molecule has 42 heavy (non-hydrogen) atoms. The second-order valence-corrected chi connectivity index (χ2v) is 10.8. The summed E-state index contributed by atoms with van der Waals surface area (Å²) in [7, 11) is 1.84. The fourth-order valence-electron chi connectivity index (χ4n) is 4.78. The van der Waals surface area contributed by atoms with E-state index in [1.807, 2.05) is 18.9 Å². The van der Waals surface area contributed by atoms with E-state index in [2.05, 4.69) is 15.3 Å². The van der Waals surface area contributed by atoms with Gasteiger partial charge in [-0.2, -0.15) is 0 Å². The first kappa shape index (κ1) is 31.4. The molecule has 10 nitrogen and oxygen atoms in total. The van der Waals surface area contributed by atoms with Crippen LogP contribution in [0.25, 0.3) is 10.9 Å². The number of ketones is 1. The molecule has 12 heteroatoms. The van der Waals surface area contributed by atoms with Crippen LogP contribution in [0.5, 0.6) is 11.5 Å². The molecular weight excluding hydrogens is 565 g/mol. The molecular formula is C30H37ClFN5O5. The van der Waals surface area contributed by atoms with Gasteiger partial charge in [-0.1, -0.05) is 11.6 Å². The van der Waals surface area contributed by atoms with Crippen molar-refractivity contribution in [2.45, 2.75) is 52.1 Å². The van der Waals surface area contributed by atoms with Gasteiger partial charge in [-0.25, -0.2) is 14.4 Å². The highest BCUT2D eigenvalue weighted by Gasteiger charge is 2.21. The third kappa shape index (κ3) is 7.84. The maximum Gasteiger partial charge on any atom is 0.219 e. The summed E-state index contributed by atoms with van der Waals surface area (Å²) in [6.07, 6.45) is 3.69. The lowest BCUT2D eigenvalue weighted by atomic mass is 10.1. The van der Waals surface area contributed by atoms with Crippen molar-refractivity contribution in [3.05, 3.63) is 47.0 Å². The highest BCUT2D eigenvalue weighted by molar-refractivity contribution is 6.31. The number of amides is 1. The van der Waals surface area contributed by atoms with Crippen molar-refractivity contribution in [3.8, 4) is 11.5 Å². The van der Waals surface area contributed by atoms with E-state index < -0.39 is 5.82 Å². The first-order valence-electron chi connectivity index (χ1n) is 14.1. The number of rotatable bonds is 7. The molecule has 2 N–H and O–H groups in total. The molecule has 4 rings (SSSR count). The number of Topliss-reactive ketones (excluding diaryl/α,β-unsaturated/α-hetero) is 1. The highest BCUT2D eigenvalue weighted by atomic mass is 35.5. The Kier molecular flexibility index (Phi) is 10.9. The molecule has 3 aromatic rings. The van der Waals surface area contributed by atoms with Crippen molar-refractivity contribution in [2.75, 3.05) is 45.3 Å². The number of anilines is 2. The number of fused-ring (bicyclic) bond motifs is 2. The fourth-order valence-corrected chi connectivity index (χ4v) is 4.94. The Hall–Kier alpha value is -3.54. The fraction of sp³-hybridized carbons (Fsp3) is 0.467. The topological polar surface area (TPSA) is 117 Å². The number of likely N-dealkylation sites (N-methyl/N-ethyl adjacent to an activating group) is 1. The number of halogens is 2. The number of ether oxygens (including phenoxy) is 2. The van der Waals surface area contributed by atoms with E-state index >= 15 is 0 Å². The van der Waals surface area contributed by atoms with Gasteiger partial charge in [-0.3, -0.25) is 14.5 Å². The first-order chi connectivity index (χ1) is 20.2. The molecule has 0 saturated carbocycles. The zero-order chi connectivity index (χ0) is 30.2. The van der Waals surface area contributed by atoms with Crippen molar-refractivity contribution >= 4 is 45.7 Å². The molecule has 1 atom stereocenters. The van der Waals surface area contributed by atoms with Crippen LogP contribution in [0.4, 0.5) is 15.9 Å². The summed E-state index contributed by atoms with van der Waals surface area (Å²) in [4.78, 5) is 37.0. The summed E-state index contributed by atoms with van der Waals surface area (Å²) in [5, 5.41) is 13.1. The minimum Gasteiger partial charge on any atom is -0.490 e. The molecule has 1 aliphatic rings. The molecule has 0 spiro atoms. The van der Waals surface area contributed by atoms with Crippen molar-refractivity contribution in [1.82, 2.24) is 19.8 Å². The predicted octanol–water partition coefficient (Wildman–Crippen LogP) is 4.73. The number of benzene rings is 2. The lowest BCUT2D eigenvalue weighted by Gasteiger charge is -2.25. The Labute approximate surface area is 249 Å². The number of carbonyl (C=O) groups excluding carboxylic acids is 2. The Morgan fingerprint density at radius 3 is 2.83 bits per heavy atom. The average molecular weight is 602 g/mol. The van der Waals surface area contributed by atoms with E-state index in [-0.39, 0.29) is 35.9 Å². The Bertz CT molecular complexity index is 1420. The van der Waals surface area contributed by atoms with Crippen LogP contribution in [-0.4, -0.2) is 82.6 Å². The van der Waals surface area contributed by atoms with Gasteiger partial charge in [0.15, 0.2) is 11.5 Å². The number of aliphatic hydroxyl groups is 1. The van der Waals surface area contributed by atoms with Gasteiger partial charge >= 0.3 is 0 Å². The van der Waals surface area contributed by atoms with E-state index in [1.54, 1.807) is 17.0 Å². The molecule has 0 aliphatic carbocycles. The van der Waals surface area contributed by atoms with Crippen LogP contribution in [-0.2, 0) is 16.1 Å². The summed E-state index contributed by atoms with van der Waals surface area (Å²) in [5.74, 6) is 0.884. The molecule has 1 aromatic heterocycles. The second-order valence-electron chi connectivity index (χ2n) is 10.4. The van der Waals surface area contributed by atoms with Gasteiger partial charge in [-0.05, 0) is 57.0 Å². The average Bonchev–Trinajstić information content (AvgIpc) is 2.96. The largest absolute Gasteiger partial charge is 0.490 e. The number of carbonyl (C=O) groups is 2. The third-order valence-electron chi connectivity index (χ3n) is 7.37. The van der Waals surface area contributed by atoms with Crippen LogP contribution in [0.3, 0.4) is 0 Å². The van der Waals surface area contributed by atoms with Gasteiger partial charge in [0.2, 0.25) is 5.91 Å². The van der Waals surface area contributed by atoms with Crippen LogP contribution in [0.15, 0.2) is 30.6 Å². The first-order valence-corrected chi connectivity index (χ1v) is 14.4. The quantitative estimate of drug-likeness (QED) is 0.371. The number of hydrogen-bond donors (Lipinski definition) is 2. The van der Waals surface area contributed by atoms with E-state index in [0.29, 0.717) is 91.5 Å². The van der Waals surface area contributed by atoms with E-state index in [1.165, 1.54) is 25.4 Å². The number of nitrogens with one attached hydrogen (secondary N) is 1. The molecule has 2 bridgehead atoms. The lowest BCUT2D eigenvalue weighted by Crippen LogP contribution is -2.35. The Morgan fingerprint density at radius 1 is 1.26 bits per heavy atom. The maximum absolute atomic E-state index is 14.6. The summed E-state index contributed by atoms with van der Waals surface area (Å²) < 4.78 is 26.8. The lowest BCUT2D eigenvalue weighted by molar-refractivity contribution is -0.129. The second kappa shape index (κ2) is 14.6. The van der Waals surface area contributed by atoms with E-state index in [0.717, 1.165) is 0 Å². The Balaban J connectivity index is 1.67. The molecule has 0 radical (unpaired) electrons. The molecule has 1 aliphatic heterocycles. The van der Waals surface area contributed by atoms with Crippen LogP contribution < -0.4 is 14.8 Å². The van der Waals surface area contributed by atoms with Gasteiger partial charge in [0, 0.05) is 50.1 Å². The van der Waals surface area contributed by atoms with E-state index in [9.17, 15) is 19.1 Å². The Morgan fingerprint density at radius 2 is 2.07 bits per heavy atom. The van der Waals surface area contributed by atoms with Gasteiger partial charge in [0.1, 0.15) is 23.7 Å². The van der Waals surface area contributed by atoms with Crippen molar-refractivity contribution in [3.63, 3.8) is 0 Å². The number of aliphatic hydroxyl groups excluding tert-OH is 1. The standard InChI is InChI=1S/C30H37ClFN5O5/c1-19-27(40)7-4-5-11-41-28-14-22-26(16-29(28)42-12-6-8-37(9-10-38)20(2)39)33-18-34-30(22)35-25-15-23(31)24(32)13-21(25)17-36(19)3/h13-16,18-19,38H,4-12,17H2,1-3H3,(H,33,34,35)/t19-/m1/s1. The van der Waals surface area contributed by atoms with Crippen molar-refractivity contribution in [1.29, 1.82) is 0 Å². The highest BCUT2D eigenvalue weighted by Crippen LogP contribution is 2.36. The molecule has 226 valence electrons. The van der Waals surface area contributed by atoms with Crippen molar-refractivity contribution in [2.24, 2.45) is 0 Å². The minimum atomic E-state index is -0.549. The van der Waals surface area contributed by atoms with Gasteiger partial charge in [0.25, 0.3) is 0 Å². The van der Waals surface area contributed by atoms with Gasteiger partial charge in [0.05, 0.1) is 36.4 Å². The third-order valence-corrected chi connectivity index (χ3v) is 7.66. The molecule has 1 amide bonds. The molecule has 2 aromatic carbocycles. The van der Waals surface area contributed by atoms with Crippen LogP contribution in [0.1, 0.15) is 45.1 Å². The zero-order valence-electron chi connectivity index (χ0n) is 24.2. The minimum absolute atomic E-state index is 0.0390. The number of hydrogen-bond acceptors (Lipinski definition) is 9. The predicted molar refractivity (Wildman–Crippen MR) is 159 cm³/mol. The van der Waals surface area contributed by atoms with Crippen LogP contribution in [0.2, 0.25) is 5.02 Å². The summed E-state index contributed by atoms with van der Waals surface area (Å²) in [6.45, 7) is 4.93. The van der Waals surface area contributed by atoms with Crippen molar-refractivity contribution < 1.29 is 28.6 Å². The van der Waals surface area contributed by atoms with Crippen LogP contribution >= 0.6 is 11.6 Å². The number of aromatic nitrogens is 2. The smallest absolute Gasteiger partial charge is 0.219 e. The monoisotopic (exact) mass is 601 g/mol. The molecule has 2 heterocycles. The zero-order valence-corrected chi connectivity index (χ0v) is 24.9. The summed E-state index contributed by atoms with van der Waals surface area (Å²) >= 11 is 6.17. The van der Waals surface area contributed by atoms with Crippen LogP contribution in [0, 0.1) is 5.82 Å². The van der Waals surface area contributed by atoms with Gasteiger partial charge in [-0.15, -0.1) is 0 Å². The maximum atomic E-state index is 14.6. The SMILES string of the molecule is CC(=O)N(CCO)CCCOc1cc2ncnc3c2cc1OCCCCC(=O)[C@@H](C)N(C)Cc1cc(F)c(Cl)cc1N3. The molecule has 0 saturated heterocycles. The summed E-state index contributed by atoms with van der Waals surface area (Å²) in [5.41, 5.74) is 1.78. The molecule has 0 unspecified atom stereocenters. The van der Waals surface area contributed by atoms with Gasteiger partial charge < -0.3 is 24.8 Å². The molecule has 0 fully saturated rings. The van der Waals surface area contributed by atoms with E-state index in [4.69, 9.17) is 21.1 Å².